The Labute approximate surface area is 151 Å². The zero-order valence-corrected chi connectivity index (χ0v) is 15.9. The summed E-state index contributed by atoms with van der Waals surface area (Å²) in [4.78, 5) is 24.2. The smallest absolute Gasteiger partial charge is 0.319 e. The summed E-state index contributed by atoms with van der Waals surface area (Å²) in [5.41, 5.74) is 0.0614. The Balaban J connectivity index is 2.88. The van der Waals surface area contributed by atoms with Crippen LogP contribution in [0.4, 0.5) is 10.1 Å². The number of thioether (sulfide) groups is 1. The second kappa shape index (κ2) is 9.89. The fourth-order valence-corrected chi connectivity index (χ4v) is 3.06. The lowest BCUT2D eigenvalue weighted by atomic mass is 10.1. The van der Waals surface area contributed by atoms with Crippen molar-refractivity contribution in [1.82, 2.24) is 0 Å². The van der Waals surface area contributed by atoms with Gasteiger partial charge >= 0.3 is 5.97 Å². The summed E-state index contributed by atoms with van der Waals surface area (Å²) in [7, 11) is 0. The van der Waals surface area contributed by atoms with Crippen LogP contribution in [-0.4, -0.2) is 23.7 Å². The van der Waals surface area contributed by atoms with Crippen LogP contribution in [0.3, 0.4) is 0 Å². The summed E-state index contributed by atoms with van der Waals surface area (Å²) < 4.78 is 19.0. The normalized spacial score (nSPS) is 13.2. The van der Waals surface area contributed by atoms with Gasteiger partial charge in [-0.1, -0.05) is 31.9 Å². The number of carbonyl (C=O) groups excluding carboxylic acids is 2. The number of carbonyl (C=O) groups is 2. The molecule has 0 radical (unpaired) electrons. The molecule has 0 aliphatic carbocycles. The number of hydrogen-bond donors (Lipinski definition) is 1. The molecule has 7 heteroatoms. The first-order chi connectivity index (χ1) is 11.3. The molecule has 134 valence electrons. The van der Waals surface area contributed by atoms with Crippen LogP contribution in [0.25, 0.3) is 0 Å². The van der Waals surface area contributed by atoms with Gasteiger partial charge in [-0.05, 0) is 31.9 Å². The van der Waals surface area contributed by atoms with Crippen molar-refractivity contribution in [3.63, 3.8) is 0 Å². The standard InChI is InChI=1S/C17H23ClFNO3S/c1-5-10(3)7-16(21)20-14-9-15(12(18)8-13(14)19)24-11(4)17(22)23-6-2/h8-11H,5-7H2,1-4H3,(H,20,21). The van der Waals surface area contributed by atoms with Crippen molar-refractivity contribution in [3.8, 4) is 0 Å². The summed E-state index contributed by atoms with van der Waals surface area (Å²) >= 11 is 7.21. The molecule has 0 bridgehead atoms. The van der Waals surface area contributed by atoms with Crippen LogP contribution >= 0.6 is 23.4 Å². The van der Waals surface area contributed by atoms with Gasteiger partial charge in [0.05, 0.1) is 17.3 Å². The van der Waals surface area contributed by atoms with E-state index in [1.807, 2.05) is 13.8 Å². The molecule has 2 atom stereocenters. The van der Waals surface area contributed by atoms with Crippen molar-refractivity contribution < 1.29 is 18.7 Å². The topological polar surface area (TPSA) is 55.4 Å². The van der Waals surface area contributed by atoms with Gasteiger partial charge in [0.15, 0.2) is 0 Å². The van der Waals surface area contributed by atoms with Gasteiger partial charge < -0.3 is 10.1 Å². The predicted octanol–water partition coefficient (Wildman–Crippen LogP) is 4.90. The average molecular weight is 376 g/mol. The molecule has 1 rings (SSSR count). The maximum atomic E-state index is 14.0. The number of halogens is 2. The van der Waals surface area contributed by atoms with Crippen LogP contribution in [0, 0.1) is 11.7 Å². The number of anilines is 1. The van der Waals surface area contributed by atoms with Crippen LogP contribution in [0.2, 0.25) is 5.02 Å². The first-order valence-electron chi connectivity index (χ1n) is 7.90. The highest BCUT2D eigenvalue weighted by molar-refractivity contribution is 8.00. The van der Waals surface area contributed by atoms with E-state index in [-0.39, 0.29) is 35.1 Å². The van der Waals surface area contributed by atoms with Gasteiger partial charge in [-0.2, -0.15) is 0 Å². The van der Waals surface area contributed by atoms with Gasteiger partial charge in [-0.15, -0.1) is 11.8 Å². The third kappa shape index (κ3) is 6.32. The van der Waals surface area contributed by atoms with Crippen LogP contribution < -0.4 is 5.32 Å². The minimum Gasteiger partial charge on any atom is -0.465 e. The quantitative estimate of drug-likeness (QED) is 0.518. The van der Waals surface area contributed by atoms with Gasteiger partial charge in [0, 0.05) is 11.3 Å². The van der Waals surface area contributed by atoms with Gasteiger partial charge in [-0.3, -0.25) is 9.59 Å². The molecule has 1 amide bonds. The average Bonchev–Trinajstić information content (AvgIpc) is 2.51. The molecule has 0 heterocycles. The summed E-state index contributed by atoms with van der Waals surface area (Å²) in [5.74, 6) is -1.01. The van der Waals surface area contributed by atoms with E-state index in [1.54, 1.807) is 13.8 Å². The van der Waals surface area contributed by atoms with E-state index < -0.39 is 11.1 Å². The van der Waals surface area contributed by atoms with Gasteiger partial charge in [0.2, 0.25) is 5.91 Å². The first-order valence-corrected chi connectivity index (χ1v) is 9.16. The number of hydrogen-bond acceptors (Lipinski definition) is 4. The van der Waals surface area contributed by atoms with Gasteiger partial charge in [0.1, 0.15) is 11.1 Å². The van der Waals surface area contributed by atoms with E-state index >= 15 is 0 Å². The number of ether oxygens (including phenoxy) is 1. The van der Waals surface area contributed by atoms with Crippen molar-refractivity contribution in [2.45, 2.75) is 50.7 Å². The van der Waals surface area contributed by atoms with E-state index in [2.05, 4.69) is 5.32 Å². The highest BCUT2D eigenvalue weighted by Gasteiger charge is 2.19. The van der Waals surface area contributed by atoms with Crippen molar-refractivity contribution in [2.24, 2.45) is 5.92 Å². The third-order valence-electron chi connectivity index (χ3n) is 3.45. The van der Waals surface area contributed by atoms with Crippen LogP contribution in [0.15, 0.2) is 17.0 Å². The molecule has 24 heavy (non-hydrogen) atoms. The predicted molar refractivity (Wildman–Crippen MR) is 96.1 cm³/mol. The first kappa shape index (κ1) is 20.8. The fraction of sp³-hybridized carbons (Fsp3) is 0.529. The van der Waals surface area contributed by atoms with Crippen LogP contribution in [0.1, 0.15) is 40.5 Å². The van der Waals surface area contributed by atoms with Crippen molar-refractivity contribution >= 4 is 40.9 Å². The number of benzene rings is 1. The highest BCUT2D eigenvalue weighted by atomic mass is 35.5. The number of esters is 1. The summed E-state index contributed by atoms with van der Waals surface area (Å²) in [6.45, 7) is 7.65. The highest BCUT2D eigenvalue weighted by Crippen LogP contribution is 2.34. The lowest BCUT2D eigenvalue weighted by Gasteiger charge is -2.14. The monoisotopic (exact) mass is 375 g/mol. The summed E-state index contributed by atoms with van der Waals surface area (Å²) in [5, 5.41) is 2.27. The van der Waals surface area contributed by atoms with E-state index in [9.17, 15) is 14.0 Å². The van der Waals surface area contributed by atoms with Crippen molar-refractivity contribution in [2.75, 3.05) is 11.9 Å². The molecule has 0 aliphatic heterocycles. The number of amides is 1. The van der Waals surface area contributed by atoms with E-state index in [1.165, 1.54) is 6.07 Å². The van der Waals surface area contributed by atoms with Crippen LogP contribution in [0.5, 0.6) is 0 Å². The molecule has 0 aromatic heterocycles. The number of rotatable bonds is 8. The van der Waals surface area contributed by atoms with E-state index in [0.29, 0.717) is 11.3 Å². The molecular formula is C17H23ClFNO3S. The minimum atomic E-state index is -0.606. The molecule has 0 saturated heterocycles. The molecule has 1 aromatic carbocycles. The Bertz CT molecular complexity index is 597. The molecule has 0 fully saturated rings. The molecule has 0 saturated carbocycles. The Morgan fingerprint density at radius 1 is 1.33 bits per heavy atom. The molecule has 0 spiro atoms. The molecule has 1 aromatic rings. The maximum Gasteiger partial charge on any atom is 0.319 e. The Morgan fingerprint density at radius 2 is 2.00 bits per heavy atom. The zero-order valence-electron chi connectivity index (χ0n) is 14.3. The van der Waals surface area contributed by atoms with Gasteiger partial charge in [-0.25, -0.2) is 4.39 Å². The largest absolute Gasteiger partial charge is 0.465 e. The lowest BCUT2D eigenvalue weighted by molar-refractivity contribution is -0.142. The second-order valence-electron chi connectivity index (χ2n) is 5.54. The summed E-state index contributed by atoms with van der Waals surface area (Å²) in [6, 6.07) is 2.59. The van der Waals surface area contributed by atoms with E-state index in [0.717, 1.165) is 24.2 Å². The fourth-order valence-electron chi connectivity index (χ4n) is 1.88. The van der Waals surface area contributed by atoms with Crippen molar-refractivity contribution in [1.29, 1.82) is 0 Å². The van der Waals surface area contributed by atoms with E-state index in [4.69, 9.17) is 16.3 Å². The number of nitrogens with one attached hydrogen (secondary N) is 1. The Hall–Kier alpha value is -1.27. The molecule has 0 aliphatic rings. The lowest BCUT2D eigenvalue weighted by Crippen LogP contribution is -2.17. The molecule has 2 unspecified atom stereocenters. The van der Waals surface area contributed by atoms with Crippen LogP contribution in [-0.2, 0) is 14.3 Å². The molecule has 4 nitrogen and oxygen atoms in total. The second-order valence-corrected chi connectivity index (χ2v) is 7.33. The summed E-state index contributed by atoms with van der Waals surface area (Å²) in [6.07, 6.45) is 1.19. The third-order valence-corrected chi connectivity index (χ3v) is 5.01. The zero-order chi connectivity index (χ0) is 18.3. The maximum absolute atomic E-state index is 14.0. The Kier molecular flexibility index (Phi) is 8.56. The molecular weight excluding hydrogens is 353 g/mol. The minimum absolute atomic E-state index is 0.0614. The van der Waals surface area contributed by atoms with Gasteiger partial charge in [0.25, 0.3) is 0 Å². The van der Waals surface area contributed by atoms with Crippen molar-refractivity contribution in [3.05, 3.63) is 23.0 Å². The SMILES string of the molecule is CCOC(=O)C(C)Sc1cc(NC(=O)CC(C)CC)c(F)cc1Cl. The molecule has 1 N–H and O–H groups in total. The Morgan fingerprint density at radius 3 is 2.58 bits per heavy atom.